The smallest absolute Gasteiger partial charge is 0.416 e. The summed E-state index contributed by atoms with van der Waals surface area (Å²) in [5.74, 6) is -2.01. The van der Waals surface area contributed by atoms with E-state index in [-0.39, 0.29) is 29.7 Å². The summed E-state index contributed by atoms with van der Waals surface area (Å²) < 4.78 is 86.5. The van der Waals surface area contributed by atoms with Gasteiger partial charge in [-0.3, -0.25) is 9.59 Å². The molecule has 0 spiro atoms. The van der Waals surface area contributed by atoms with Crippen LogP contribution >= 0.6 is 0 Å². The van der Waals surface area contributed by atoms with Gasteiger partial charge < -0.3 is 20.3 Å². The summed E-state index contributed by atoms with van der Waals surface area (Å²) in [6.07, 6.45) is -8.52. The average Bonchev–Trinajstić information content (AvgIpc) is 2.87. The molecule has 7 nitrogen and oxygen atoms in total. The highest BCUT2D eigenvalue weighted by atomic mass is 19.4. The van der Waals surface area contributed by atoms with Gasteiger partial charge in [-0.15, -0.1) is 0 Å². The van der Waals surface area contributed by atoms with Gasteiger partial charge in [0.15, 0.2) is 0 Å². The Kier molecular flexibility index (Phi) is 12.7. The fraction of sp³-hybridized carbons (Fsp3) is 0.645. The first-order valence-corrected chi connectivity index (χ1v) is 14.2. The van der Waals surface area contributed by atoms with Crippen LogP contribution in [0.2, 0.25) is 0 Å². The predicted molar refractivity (Wildman–Crippen MR) is 155 cm³/mol. The molecule has 44 heavy (non-hydrogen) atoms. The fourth-order valence-corrected chi connectivity index (χ4v) is 4.86. The number of carbonyl (C=O) groups excluding carboxylic acids is 3. The van der Waals surface area contributed by atoms with E-state index in [1.807, 2.05) is 13.8 Å². The van der Waals surface area contributed by atoms with Crippen molar-refractivity contribution >= 4 is 17.8 Å². The molecule has 2 N–H and O–H groups in total. The van der Waals surface area contributed by atoms with Gasteiger partial charge in [-0.25, -0.2) is 4.79 Å². The maximum absolute atomic E-state index is 13.9. The molecule has 3 atom stereocenters. The molecule has 0 aliphatic carbocycles. The van der Waals surface area contributed by atoms with Crippen molar-refractivity contribution in [2.75, 3.05) is 20.7 Å². The zero-order chi connectivity index (χ0) is 34.6. The van der Waals surface area contributed by atoms with Crippen molar-refractivity contribution in [1.29, 1.82) is 0 Å². The second-order valence-electron chi connectivity index (χ2n) is 12.8. The van der Waals surface area contributed by atoms with E-state index in [0.717, 1.165) is 0 Å². The van der Waals surface area contributed by atoms with Gasteiger partial charge in [0.1, 0.15) is 6.04 Å². The number of alkyl halides is 6. The third-order valence-electron chi connectivity index (χ3n) is 7.50. The van der Waals surface area contributed by atoms with Crippen molar-refractivity contribution < 1.29 is 45.5 Å². The summed E-state index contributed by atoms with van der Waals surface area (Å²) in [5.41, 5.74) is -5.55. The molecule has 1 unspecified atom stereocenters. The molecular weight excluding hydrogens is 592 g/mol. The SMILES string of the molecule is CCOC(=O)C(C)=C[C@H](C(C)C)N(C)C(=O)[C@@H](NC(=O)C(NC)C(C)(C)c1cc(C(F)(F)F)cc(C(F)(F)F)c1)C(C)(C)C. The Morgan fingerprint density at radius 1 is 0.886 bits per heavy atom. The van der Waals surface area contributed by atoms with E-state index < -0.39 is 70.2 Å². The number of benzene rings is 1. The molecular formula is C31H45F6N3O4. The highest BCUT2D eigenvalue weighted by molar-refractivity contribution is 5.92. The highest BCUT2D eigenvalue weighted by Crippen LogP contribution is 2.40. The molecule has 0 bridgehead atoms. The highest BCUT2D eigenvalue weighted by Gasteiger charge is 2.44. The first kappa shape index (κ1) is 38.9. The molecule has 0 aliphatic rings. The average molecular weight is 638 g/mol. The molecule has 0 saturated carbocycles. The Bertz CT molecular complexity index is 1180. The molecule has 1 rings (SSSR count). The number of carbonyl (C=O) groups is 3. The van der Waals surface area contributed by atoms with Gasteiger partial charge in [0.2, 0.25) is 11.8 Å². The standard InChI is InChI=1S/C31H45F6N3O4/c1-12-44-27(43)18(4)13-22(17(2)3)40(11)26(42)24(28(5,6)7)39-25(41)23(38-10)29(8,9)19-14-20(30(32,33)34)16-21(15-19)31(35,36)37/h13-17,22-24,38H,12H2,1-11H3,(H,39,41)/t22-,23?,24-/m1/s1. The van der Waals surface area contributed by atoms with E-state index in [9.17, 15) is 40.7 Å². The van der Waals surface area contributed by atoms with Gasteiger partial charge in [-0.05, 0) is 56.0 Å². The van der Waals surface area contributed by atoms with Crippen LogP contribution in [-0.2, 0) is 36.9 Å². The van der Waals surface area contributed by atoms with Crippen molar-refractivity contribution in [3.05, 3.63) is 46.5 Å². The van der Waals surface area contributed by atoms with Crippen LogP contribution in [0.5, 0.6) is 0 Å². The number of ether oxygens (including phenoxy) is 1. The second kappa shape index (κ2) is 14.3. The van der Waals surface area contributed by atoms with E-state index in [2.05, 4.69) is 10.6 Å². The lowest BCUT2D eigenvalue weighted by atomic mass is 9.75. The van der Waals surface area contributed by atoms with Gasteiger partial charge in [0.25, 0.3) is 0 Å². The summed E-state index contributed by atoms with van der Waals surface area (Å²) in [6.45, 7) is 14.9. The van der Waals surface area contributed by atoms with Crippen LogP contribution in [-0.4, -0.2) is 61.5 Å². The summed E-state index contributed by atoms with van der Waals surface area (Å²) in [5, 5.41) is 5.41. The number of amides is 2. The molecule has 0 heterocycles. The molecule has 0 fully saturated rings. The molecule has 1 aromatic carbocycles. The third kappa shape index (κ3) is 9.70. The van der Waals surface area contributed by atoms with Gasteiger partial charge in [-0.1, -0.05) is 54.5 Å². The van der Waals surface area contributed by atoms with E-state index >= 15 is 0 Å². The predicted octanol–water partition coefficient (Wildman–Crippen LogP) is 6.11. The van der Waals surface area contributed by atoms with Crippen molar-refractivity contribution in [3.8, 4) is 0 Å². The summed E-state index contributed by atoms with van der Waals surface area (Å²) in [4.78, 5) is 41.2. The largest absolute Gasteiger partial charge is 0.463 e. The molecule has 2 amide bonds. The quantitative estimate of drug-likeness (QED) is 0.174. The number of rotatable bonds is 11. The van der Waals surface area contributed by atoms with E-state index in [1.165, 1.54) is 32.8 Å². The summed E-state index contributed by atoms with van der Waals surface area (Å²) in [6, 6.07) is -1.85. The van der Waals surface area contributed by atoms with Crippen LogP contribution in [0.3, 0.4) is 0 Å². The van der Waals surface area contributed by atoms with Crippen molar-refractivity contribution in [2.45, 2.75) is 98.2 Å². The van der Waals surface area contributed by atoms with Gasteiger partial charge >= 0.3 is 18.3 Å². The monoisotopic (exact) mass is 637 g/mol. The van der Waals surface area contributed by atoms with Crippen LogP contribution in [0.1, 0.15) is 79.0 Å². The summed E-state index contributed by atoms with van der Waals surface area (Å²) >= 11 is 0. The van der Waals surface area contributed by atoms with Crippen molar-refractivity contribution in [3.63, 3.8) is 0 Å². The van der Waals surface area contributed by atoms with E-state index in [1.54, 1.807) is 40.7 Å². The van der Waals surface area contributed by atoms with E-state index in [0.29, 0.717) is 12.1 Å². The Balaban J connectivity index is 3.56. The molecule has 0 saturated heterocycles. The lowest BCUT2D eigenvalue weighted by molar-refractivity contribution is -0.143. The number of hydrogen-bond donors (Lipinski definition) is 2. The van der Waals surface area contributed by atoms with Crippen LogP contribution in [0, 0.1) is 11.3 Å². The third-order valence-corrected chi connectivity index (χ3v) is 7.50. The van der Waals surface area contributed by atoms with Gasteiger partial charge in [0, 0.05) is 18.0 Å². The Morgan fingerprint density at radius 2 is 1.34 bits per heavy atom. The lowest BCUT2D eigenvalue weighted by Gasteiger charge is -2.40. The Hall–Kier alpha value is -3.09. The van der Waals surface area contributed by atoms with E-state index in [4.69, 9.17) is 4.74 Å². The minimum Gasteiger partial charge on any atom is -0.463 e. The number of halogens is 6. The van der Waals surface area contributed by atoms with Crippen LogP contribution in [0.25, 0.3) is 0 Å². The maximum Gasteiger partial charge on any atom is 0.416 e. The number of nitrogens with one attached hydrogen (secondary N) is 2. The Labute approximate surface area is 255 Å². The maximum atomic E-state index is 13.9. The molecule has 0 radical (unpaired) electrons. The van der Waals surface area contributed by atoms with Gasteiger partial charge in [0.05, 0.1) is 29.8 Å². The zero-order valence-electron chi connectivity index (χ0n) is 27.2. The molecule has 1 aromatic rings. The van der Waals surface area contributed by atoms with Crippen LogP contribution in [0.4, 0.5) is 26.3 Å². The lowest BCUT2D eigenvalue weighted by Crippen LogP contribution is -2.61. The second-order valence-corrected chi connectivity index (χ2v) is 12.8. The minimum absolute atomic E-state index is 0.0292. The number of likely N-dealkylation sites (N-methyl/N-ethyl adjacent to an activating group) is 2. The van der Waals surface area contributed by atoms with Crippen LogP contribution < -0.4 is 10.6 Å². The van der Waals surface area contributed by atoms with Gasteiger partial charge in [-0.2, -0.15) is 26.3 Å². The number of hydrogen-bond acceptors (Lipinski definition) is 5. The first-order valence-electron chi connectivity index (χ1n) is 14.2. The minimum atomic E-state index is -5.06. The topological polar surface area (TPSA) is 87.7 Å². The molecule has 250 valence electrons. The Morgan fingerprint density at radius 3 is 1.70 bits per heavy atom. The van der Waals surface area contributed by atoms with Crippen molar-refractivity contribution in [2.24, 2.45) is 11.3 Å². The first-order chi connectivity index (χ1) is 19.8. The number of esters is 1. The molecule has 0 aromatic heterocycles. The summed E-state index contributed by atoms with van der Waals surface area (Å²) in [7, 11) is 2.87. The molecule has 0 aliphatic heterocycles. The van der Waals surface area contributed by atoms with Crippen LogP contribution in [0.15, 0.2) is 29.8 Å². The normalized spacial score (nSPS) is 15.5. The molecule has 13 heteroatoms. The zero-order valence-corrected chi connectivity index (χ0v) is 27.2. The van der Waals surface area contributed by atoms with Crippen molar-refractivity contribution in [1.82, 2.24) is 15.5 Å². The fourth-order valence-electron chi connectivity index (χ4n) is 4.86. The number of nitrogens with zero attached hydrogens (tertiary/aromatic N) is 1.